The van der Waals surface area contributed by atoms with Crippen molar-refractivity contribution in [3.8, 4) is 0 Å². The standard InChI is InChI=1S/C15H14BrClFN3O.C9H12BrN3O/c16-11-9-19-15(8-14(11)21-3-5-22-6-4-21)20-10-1-2-13(18)12(17)7-10;10-7-6-12-9(11)5-8(7)13-1-3-14-4-2-13/h1-2,7-9H,3-6H2,(H,19,20);5-6H,1-4H2,(H2,11,12). The van der Waals surface area contributed by atoms with Crippen molar-refractivity contribution in [2.24, 2.45) is 0 Å². The predicted octanol–water partition coefficient (Wildman–Crippen LogP) is 5.48. The fourth-order valence-corrected chi connectivity index (χ4v) is 4.87. The summed E-state index contributed by atoms with van der Waals surface area (Å²) in [6, 6.07) is 8.32. The van der Waals surface area contributed by atoms with Gasteiger partial charge in [-0.05, 0) is 50.1 Å². The maximum atomic E-state index is 13.2. The van der Waals surface area contributed by atoms with E-state index in [2.05, 4.69) is 56.9 Å². The lowest BCUT2D eigenvalue weighted by molar-refractivity contribution is 0.122. The molecule has 0 spiro atoms. The Morgan fingerprint density at radius 3 is 2.00 bits per heavy atom. The second-order valence-electron chi connectivity index (χ2n) is 8.03. The summed E-state index contributed by atoms with van der Waals surface area (Å²) in [7, 11) is 0. The summed E-state index contributed by atoms with van der Waals surface area (Å²) in [6.45, 7) is 6.46. The molecular weight excluding hydrogens is 619 g/mol. The highest BCUT2D eigenvalue weighted by atomic mass is 79.9. The molecule has 0 radical (unpaired) electrons. The van der Waals surface area contributed by atoms with E-state index in [0.29, 0.717) is 30.5 Å². The van der Waals surface area contributed by atoms with E-state index < -0.39 is 5.82 Å². The zero-order valence-corrected chi connectivity index (χ0v) is 23.3. The molecule has 2 saturated heterocycles. The second kappa shape index (κ2) is 12.9. The third-order valence-electron chi connectivity index (χ3n) is 5.59. The number of halogens is 4. The molecule has 3 N–H and O–H groups in total. The molecule has 5 rings (SSSR count). The first kappa shape index (κ1) is 26.9. The predicted molar refractivity (Wildman–Crippen MR) is 149 cm³/mol. The maximum Gasteiger partial charge on any atom is 0.141 e. The van der Waals surface area contributed by atoms with Gasteiger partial charge in [0, 0.05) is 56.4 Å². The van der Waals surface area contributed by atoms with E-state index in [9.17, 15) is 4.39 Å². The van der Waals surface area contributed by atoms with Gasteiger partial charge in [0.1, 0.15) is 17.5 Å². The lowest BCUT2D eigenvalue weighted by Crippen LogP contribution is -2.36. The van der Waals surface area contributed by atoms with E-state index in [1.807, 2.05) is 12.1 Å². The molecular formula is C24H26Br2ClFN6O2. The summed E-state index contributed by atoms with van der Waals surface area (Å²) in [6.07, 6.45) is 3.48. The molecule has 3 aromatic rings. The number of nitrogens with zero attached hydrogens (tertiary/aromatic N) is 4. The van der Waals surface area contributed by atoms with Gasteiger partial charge in [0.05, 0.1) is 51.8 Å². The zero-order chi connectivity index (χ0) is 25.5. The highest BCUT2D eigenvalue weighted by molar-refractivity contribution is 9.11. The van der Waals surface area contributed by atoms with E-state index in [0.717, 1.165) is 59.7 Å². The van der Waals surface area contributed by atoms with Crippen LogP contribution in [0, 0.1) is 5.82 Å². The molecule has 0 unspecified atom stereocenters. The summed E-state index contributed by atoms with van der Waals surface area (Å²) in [5, 5.41) is 3.22. The van der Waals surface area contributed by atoms with Gasteiger partial charge in [0.25, 0.3) is 0 Å². The van der Waals surface area contributed by atoms with Crippen molar-refractivity contribution in [1.29, 1.82) is 0 Å². The van der Waals surface area contributed by atoms with Crippen LogP contribution in [0.2, 0.25) is 5.02 Å². The average Bonchev–Trinajstić information content (AvgIpc) is 2.90. The number of morpholine rings is 2. The minimum absolute atomic E-state index is 0.0792. The Kier molecular flexibility index (Phi) is 9.60. The van der Waals surface area contributed by atoms with Crippen molar-refractivity contribution in [3.63, 3.8) is 0 Å². The largest absolute Gasteiger partial charge is 0.384 e. The molecule has 2 aromatic heterocycles. The van der Waals surface area contributed by atoms with Gasteiger partial charge in [-0.3, -0.25) is 0 Å². The Bertz CT molecular complexity index is 1180. The highest BCUT2D eigenvalue weighted by Gasteiger charge is 2.16. The molecule has 0 atom stereocenters. The van der Waals surface area contributed by atoms with E-state index >= 15 is 0 Å². The minimum atomic E-state index is -0.440. The van der Waals surface area contributed by atoms with Crippen molar-refractivity contribution in [3.05, 3.63) is 62.5 Å². The number of hydrogen-bond donors (Lipinski definition) is 2. The fourth-order valence-electron chi connectivity index (χ4n) is 3.76. The number of nitrogen functional groups attached to an aromatic ring is 1. The number of pyridine rings is 2. The van der Waals surface area contributed by atoms with E-state index in [1.165, 1.54) is 12.1 Å². The Morgan fingerprint density at radius 2 is 1.42 bits per heavy atom. The number of ether oxygens (including phenoxy) is 2. The van der Waals surface area contributed by atoms with Crippen molar-refractivity contribution in [1.82, 2.24) is 9.97 Å². The smallest absolute Gasteiger partial charge is 0.141 e. The summed E-state index contributed by atoms with van der Waals surface area (Å²) >= 11 is 12.8. The quantitative estimate of drug-likeness (QED) is 0.386. The van der Waals surface area contributed by atoms with E-state index in [1.54, 1.807) is 18.5 Å². The summed E-state index contributed by atoms with van der Waals surface area (Å²) in [4.78, 5) is 12.8. The summed E-state index contributed by atoms with van der Waals surface area (Å²) in [5.74, 6) is 0.784. The molecule has 36 heavy (non-hydrogen) atoms. The van der Waals surface area contributed by atoms with Crippen LogP contribution in [0.3, 0.4) is 0 Å². The fraction of sp³-hybridized carbons (Fsp3) is 0.333. The van der Waals surface area contributed by atoms with Crippen LogP contribution in [0.4, 0.5) is 33.1 Å². The topological polar surface area (TPSA) is 88.8 Å². The highest BCUT2D eigenvalue weighted by Crippen LogP contribution is 2.30. The van der Waals surface area contributed by atoms with E-state index in [-0.39, 0.29) is 5.02 Å². The molecule has 0 bridgehead atoms. The molecule has 2 aliphatic rings. The van der Waals surface area contributed by atoms with Gasteiger partial charge in [-0.2, -0.15) is 0 Å². The first-order chi connectivity index (χ1) is 17.4. The Hall–Kier alpha value is -2.18. The van der Waals surface area contributed by atoms with Gasteiger partial charge in [0.15, 0.2) is 0 Å². The third-order valence-corrected chi connectivity index (χ3v) is 7.10. The van der Waals surface area contributed by atoms with Crippen LogP contribution >= 0.6 is 43.5 Å². The van der Waals surface area contributed by atoms with Crippen LogP contribution in [0.5, 0.6) is 0 Å². The molecule has 12 heteroatoms. The molecule has 0 aliphatic carbocycles. The molecule has 8 nitrogen and oxygen atoms in total. The van der Waals surface area contributed by atoms with Gasteiger partial charge >= 0.3 is 0 Å². The molecule has 2 aliphatic heterocycles. The van der Waals surface area contributed by atoms with Crippen LogP contribution in [0.1, 0.15) is 0 Å². The summed E-state index contributed by atoms with van der Waals surface area (Å²) < 4.78 is 25.8. The lowest BCUT2D eigenvalue weighted by Gasteiger charge is -2.29. The Labute approximate surface area is 231 Å². The normalized spacial score (nSPS) is 15.8. The van der Waals surface area contributed by atoms with Crippen LogP contribution in [0.25, 0.3) is 0 Å². The van der Waals surface area contributed by atoms with Gasteiger partial charge in [-0.25, -0.2) is 14.4 Å². The first-order valence-electron chi connectivity index (χ1n) is 11.3. The maximum absolute atomic E-state index is 13.2. The van der Waals surface area contributed by atoms with Crippen LogP contribution in [0.15, 0.2) is 51.7 Å². The number of aromatic nitrogens is 2. The Balaban J connectivity index is 0.000000187. The number of nitrogens with two attached hydrogens (primary N) is 1. The van der Waals surface area contributed by atoms with Crippen molar-refractivity contribution >= 4 is 72.2 Å². The second-order valence-corrected chi connectivity index (χ2v) is 10.2. The van der Waals surface area contributed by atoms with Crippen molar-refractivity contribution < 1.29 is 13.9 Å². The lowest BCUT2D eigenvalue weighted by atomic mass is 10.3. The van der Waals surface area contributed by atoms with Gasteiger partial charge in [-0.15, -0.1) is 0 Å². The molecule has 0 amide bonds. The molecule has 192 valence electrons. The number of nitrogens with one attached hydrogen (secondary N) is 1. The first-order valence-corrected chi connectivity index (χ1v) is 13.3. The number of rotatable bonds is 4. The van der Waals surface area contributed by atoms with Crippen LogP contribution < -0.4 is 20.9 Å². The molecule has 1 aromatic carbocycles. The van der Waals surface area contributed by atoms with E-state index in [4.69, 9.17) is 26.8 Å². The van der Waals surface area contributed by atoms with Gasteiger partial charge in [-0.1, -0.05) is 11.6 Å². The third kappa shape index (κ3) is 7.19. The summed E-state index contributed by atoms with van der Waals surface area (Å²) in [5.41, 5.74) is 8.48. The van der Waals surface area contributed by atoms with Crippen LogP contribution in [-0.4, -0.2) is 62.6 Å². The number of hydrogen-bond acceptors (Lipinski definition) is 8. The average molecular weight is 645 g/mol. The molecule has 2 fully saturated rings. The van der Waals surface area contributed by atoms with Gasteiger partial charge in [0.2, 0.25) is 0 Å². The number of anilines is 5. The molecule has 4 heterocycles. The zero-order valence-electron chi connectivity index (χ0n) is 19.4. The van der Waals surface area contributed by atoms with Gasteiger partial charge < -0.3 is 30.3 Å². The number of benzene rings is 1. The van der Waals surface area contributed by atoms with Crippen molar-refractivity contribution in [2.75, 3.05) is 73.5 Å². The van der Waals surface area contributed by atoms with Crippen molar-refractivity contribution in [2.45, 2.75) is 0 Å². The Morgan fingerprint density at radius 1 is 0.861 bits per heavy atom. The molecule has 0 saturated carbocycles. The minimum Gasteiger partial charge on any atom is -0.384 e. The monoisotopic (exact) mass is 642 g/mol. The van der Waals surface area contributed by atoms with Crippen LogP contribution in [-0.2, 0) is 9.47 Å². The SMILES string of the molecule is Fc1ccc(Nc2cc(N3CCOCC3)c(Br)cn2)cc1Cl.Nc1cc(N2CCOCC2)c(Br)cn1.